The molecule has 0 saturated carbocycles. The van der Waals surface area contributed by atoms with E-state index in [-0.39, 0.29) is 17.2 Å². The number of rotatable bonds is 8. The predicted octanol–water partition coefficient (Wildman–Crippen LogP) is 0.279. The van der Waals surface area contributed by atoms with Gasteiger partial charge in [0, 0.05) is 43.9 Å². The zero-order chi connectivity index (χ0) is 22.8. The van der Waals surface area contributed by atoms with Crippen molar-refractivity contribution in [2.24, 2.45) is 5.73 Å². The minimum absolute atomic E-state index is 0.0574. The predicted molar refractivity (Wildman–Crippen MR) is 116 cm³/mol. The van der Waals surface area contributed by atoms with Crippen LogP contribution in [0.5, 0.6) is 0 Å². The molecule has 4 rings (SSSR count). The fourth-order valence-electron chi connectivity index (χ4n) is 4.22. The Labute approximate surface area is 184 Å². The number of nitrogens with zero attached hydrogens (tertiary/aromatic N) is 6. The summed E-state index contributed by atoms with van der Waals surface area (Å²) in [6.45, 7) is 5.44. The van der Waals surface area contributed by atoms with E-state index in [2.05, 4.69) is 20.5 Å². The molecule has 0 aromatic carbocycles. The molecule has 0 atom stereocenters. The van der Waals surface area contributed by atoms with Crippen molar-refractivity contribution in [1.82, 2.24) is 34.3 Å². The molecule has 0 unspecified atom stereocenters. The smallest absolute Gasteiger partial charge is 0.345 e. The second kappa shape index (κ2) is 8.93. The lowest BCUT2D eigenvalue weighted by Crippen LogP contribution is -2.29. The van der Waals surface area contributed by atoms with E-state index >= 15 is 0 Å². The number of hydrogen-bond donors (Lipinski definition) is 2. The molecule has 170 valence electrons. The molecular weight excluding hydrogens is 412 g/mol. The topological polar surface area (TPSA) is 142 Å². The van der Waals surface area contributed by atoms with Gasteiger partial charge in [-0.1, -0.05) is 0 Å². The van der Waals surface area contributed by atoms with Crippen molar-refractivity contribution in [2.75, 3.05) is 6.54 Å². The van der Waals surface area contributed by atoms with Gasteiger partial charge in [0.05, 0.1) is 6.20 Å². The fraction of sp³-hybridized carbons (Fsp3) is 0.524. The van der Waals surface area contributed by atoms with Crippen LogP contribution >= 0.6 is 0 Å². The summed E-state index contributed by atoms with van der Waals surface area (Å²) in [4.78, 5) is 40.7. The normalized spacial score (nSPS) is 13.3. The molecule has 32 heavy (non-hydrogen) atoms. The fourth-order valence-corrected chi connectivity index (χ4v) is 4.22. The molecule has 0 saturated heterocycles. The van der Waals surface area contributed by atoms with Gasteiger partial charge in [-0.25, -0.2) is 19.0 Å². The van der Waals surface area contributed by atoms with E-state index in [0.717, 1.165) is 48.6 Å². The van der Waals surface area contributed by atoms with E-state index in [1.165, 1.54) is 10.9 Å². The molecule has 3 N–H and O–H groups in total. The molecule has 11 heteroatoms. The first-order chi connectivity index (χ1) is 15.4. The van der Waals surface area contributed by atoms with Gasteiger partial charge in [0.25, 0.3) is 5.91 Å². The van der Waals surface area contributed by atoms with Gasteiger partial charge in [0.15, 0.2) is 5.65 Å². The van der Waals surface area contributed by atoms with Gasteiger partial charge in [0.2, 0.25) is 5.91 Å². The van der Waals surface area contributed by atoms with Crippen LogP contribution < -0.4 is 16.7 Å². The van der Waals surface area contributed by atoms with Crippen molar-refractivity contribution in [1.29, 1.82) is 0 Å². The number of fused-ring (bicyclic) bond motifs is 2. The quantitative estimate of drug-likeness (QED) is 0.482. The van der Waals surface area contributed by atoms with Crippen LogP contribution in [0.2, 0.25) is 0 Å². The first kappa shape index (κ1) is 21.7. The monoisotopic (exact) mass is 440 g/mol. The average molecular weight is 441 g/mol. The molecule has 0 bridgehead atoms. The number of aryl methyl sites for hydroxylation is 4. The third kappa shape index (κ3) is 4.14. The molecule has 1 aliphatic heterocycles. The molecule has 3 aromatic heterocycles. The Kier molecular flexibility index (Phi) is 6.06. The SMILES string of the molecule is Cc1nc2c(C(N)=O)cnn2c(C)c1CCC(=O)NCCCn1nc2n(c1=O)CCCC2. The summed E-state index contributed by atoms with van der Waals surface area (Å²) in [7, 11) is 0. The lowest BCUT2D eigenvalue weighted by molar-refractivity contribution is -0.121. The molecule has 0 radical (unpaired) electrons. The third-order valence-corrected chi connectivity index (χ3v) is 5.98. The van der Waals surface area contributed by atoms with Crippen LogP contribution in [0, 0.1) is 13.8 Å². The summed E-state index contributed by atoms with van der Waals surface area (Å²) in [5, 5.41) is 11.5. The Morgan fingerprint density at radius 3 is 2.81 bits per heavy atom. The van der Waals surface area contributed by atoms with Crippen LogP contribution in [-0.4, -0.2) is 47.3 Å². The van der Waals surface area contributed by atoms with Gasteiger partial charge in [-0.15, -0.1) is 0 Å². The van der Waals surface area contributed by atoms with Gasteiger partial charge >= 0.3 is 5.69 Å². The van der Waals surface area contributed by atoms with Gasteiger partial charge in [0.1, 0.15) is 11.4 Å². The van der Waals surface area contributed by atoms with Crippen LogP contribution in [0.25, 0.3) is 5.65 Å². The van der Waals surface area contributed by atoms with E-state index < -0.39 is 5.91 Å². The van der Waals surface area contributed by atoms with Gasteiger partial charge in [-0.3, -0.25) is 14.2 Å². The Balaban J connectivity index is 1.30. The van der Waals surface area contributed by atoms with E-state index in [1.54, 1.807) is 9.08 Å². The summed E-state index contributed by atoms with van der Waals surface area (Å²) in [6, 6.07) is 0. The molecule has 0 spiro atoms. The van der Waals surface area contributed by atoms with Crippen molar-refractivity contribution in [3.8, 4) is 0 Å². The summed E-state index contributed by atoms with van der Waals surface area (Å²) in [5.74, 6) is 0.219. The summed E-state index contributed by atoms with van der Waals surface area (Å²) in [6.07, 6.45) is 5.79. The second-order valence-corrected chi connectivity index (χ2v) is 8.15. The van der Waals surface area contributed by atoms with Crippen molar-refractivity contribution >= 4 is 17.5 Å². The van der Waals surface area contributed by atoms with Crippen LogP contribution in [-0.2, 0) is 30.7 Å². The number of amides is 2. The minimum atomic E-state index is -0.573. The Morgan fingerprint density at radius 2 is 2.06 bits per heavy atom. The first-order valence-electron chi connectivity index (χ1n) is 10.9. The minimum Gasteiger partial charge on any atom is -0.365 e. The molecule has 0 fully saturated rings. The van der Waals surface area contributed by atoms with Gasteiger partial charge in [-0.2, -0.15) is 10.2 Å². The maximum Gasteiger partial charge on any atom is 0.345 e. The number of nitrogens with one attached hydrogen (secondary N) is 1. The zero-order valence-corrected chi connectivity index (χ0v) is 18.4. The largest absolute Gasteiger partial charge is 0.365 e. The Bertz CT molecular complexity index is 1240. The lowest BCUT2D eigenvalue weighted by Gasteiger charge is -2.11. The lowest BCUT2D eigenvalue weighted by atomic mass is 10.1. The molecule has 0 aliphatic carbocycles. The number of hydrogen-bond acceptors (Lipinski definition) is 6. The highest BCUT2D eigenvalue weighted by Crippen LogP contribution is 2.18. The van der Waals surface area contributed by atoms with E-state index in [9.17, 15) is 14.4 Å². The van der Waals surface area contributed by atoms with Crippen LogP contribution in [0.15, 0.2) is 11.0 Å². The second-order valence-electron chi connectivity index (χ2n) is 8.15. The van der Waals surface area contributed by atoms with Crippen molar-refractivity contribution < 1.29 is 9.59 Å². The maximum absolute atomic E-state index is 12.3. The maximum atomic E-state index is 12.3. The highest BCUT2D eigenvalue weighted by Gasteiger charge is 2.18. The van der Waals surface area contributed by atoms with Crippen LogP contribution in [0.4, 0.5) is 0 Å². The van der Waals surface area contributed by atoms with Gasteiger partial charge < -0.3 is 11.1 Å². The number of carbonyl (C=O) groups is 2. The molecule has 2 amide bonds. The van der Waals surface area contributed by atoms with Gasteiger partial charge in [-0.05, 0) is 45.1 Å². The molecule has 1 aliphatic rings. The summed E-state index contributed by atoms with van der Waals surface area (Å²) >= 11 is 0. The number of primary amides is 1. The molecule has 4 heterocycles. The van der Waals surface area contributed by atoms with Crippen molar-refractivity contribution in [3.05, 3.63) is 45.0 Å². The summed E-state index contributed by atoms with van der Waals surface area (Å²) < 4.78 is 4.84. The van der Waals surface area contributed by atoms with Crippen molar-refractivity contribution in [3.63, 3.8) is 0 Å². The number of carbonyl (C=O) groups excluding carboxylic acids is 2. The average Bonchev–Trinajstić information content (AvgIpc) is 3.33. The van der Waals surface area contributed by atoms with Crippen molar-refractivity contribution in [2.45, 2.75) is 65.5 Å². The highest BCUT2D eigenvalue weighted by molar-refractivity contribution is 5.98. The molecule has 3 aromatic rings. The molecular formula is C21H28N8O3. The number of aromatic nitrogens is 6. The summed E-state index contributed by atoms with van der Waals surface area (Å²) in [5.41, 5.74) is 8.52. The standard InChI is InChI=1S/C21H28N8O3/c1-13-15(14(2)29-20(25-13)16(12-24-29)19(22)31)7-8-18(30)23-9-5-11-28-21(32)27-10-4-3-6-17(27)26-28/h12H,3-11H2,1-2H3,(H2,22,31)(H,23,30). The molecule has 11 nitrogen and oxygen atoms in total. The van der Waals surface area contributed by atoms with E-state index in [1.807, 2.05) is 13.8 Å². The van der Waals surface area contributed by atoms with E-state index in [0.29, 0.717) is 38.0 Å². The van der Waals surface area contributed by atoms with E-state index in [4.69, 9.17) is 5.73 Å². The Hall–Kier alpha value is -3.50. The van der Waals surface area contributed by atoms with Crippen LogP contribution in [0.1, 0.15) is 58.8 Å². The first-order valence-corrected chi connectivity index (χ1v) is 10.9. The zero-order valence-electron chi connectivity index (χ0n) is 18.4. The van der Waals surface area contributed by atoms with Crippen LogP contribution in [0.3, 0.4) is 0 Å². The number of nitrogens with two attached hydrogens (primary N) is 1. The highest BCUT2D eigenvalue weighted by atomic mass is 16.2. The Morgan fingerprint density at radius 1 is 1.25 bits per heavy atom. The third-order valence-electron chi connectivity index (χ3n) is 5.98.